The van der Waals surface area contributed by atoms with Crippen molar-refractivity contribution in [2.75, 3.05) is 7.11 Å². The lowest BCUT2D eigenvalue weighted by atomic mass is 9.86. The Balaban J connectivity index is 1.98. The lowest BCUT2D eigenvalue weighted by molar-refractivity contribution is -0.143. The van der Waals surface area contributed by atoms with Gasteiger partial charge in [-0.2, -0.15) is 0 Å². The normalized spacial score (nSPS) is 12.3. The van der Waals surface area contributed by atoms with Crippen LogP contribution in [0.3, 0.4) is 0 Å². The van der Waals surface area contributed by atoms with Crippen LogP contribution in [0.1, 0.15) is 55.1 Å². The molecule has 0 saturated carbocycles. The smallest absolute Gasteiger partial charge is 0.328 e. The van der Waals surface area contributed by atoms with Crippen molar-refractivity contribution in [3.63, 3.8) is 0 Å². The summed E-state index contributed by atoms with van der Waals surface area (Å²) in [7, 11) is 1.34. The van der Waals surface area contributed by atoms with Gasteiger partial charge in [0, 0.05) is 5.56 Å². The lowest BCUT2D eigenvalue weighted by Crippen LogP contribution is -2.41. The van der Waals surface area contributed by atoms with E-state index in [0.717, 1.165) is 18.4 Å². The second-order valence-corrected chi connectivity index (χ2v) is 7.75. The third-order valence-corrected chi connectivity index (χ3v) is 4.61. The Kier molecular flexibility index (Phi) is 7.17. The quantitative estimate of drug-likeness (QED) is 0.743. The zero-order valence-corrected chi connectivity index (χ0v) is 16.6. The maximum Gasteiger partial charge on any atom is 0.328 e. The molecule has 1 atom stereocenters. The molecule has 0 spiro atoms. The van der Waals surface area contributed by atoms with Gasteiger partial charge in [-0.25, -0.2) is 4.79 Å². The van der Waals surface area contributed by atoms with Gasteiger partial charge in [0.25, 0.3) is 5.91 Å². The predicted molar refractivity (Wildman–Crippen MR) is 108 cm³/mol. The Morgan fingerprint density at radius 2 is 1.63 bits per heavy atom. The van der Waals surface area contributed by atoms with Gasteiger partial charge in [0.05, 0.1) is 7.11 Å². The van der Waals surface area contributed by atoms with Gasteiger partial charge in [0.2, 0.25) is 0 Å². The molecule has 2 aromatic carbocycles. The van der Waals surface area contributed by atoms with Crippen molar-refractivity contribution in [2.45, 2.75) is 51.5 Å². The molecule has 1 N–H and O–H groups in total. The number of amides is 1. The molecule has 0 aliphatic heterocycles. The highest BCUT2D eigenvalue weighted by Gasteiger charge is 2.22. The van der Waals surface area contributed by atoms with Gasteiger partial charge in [-0.3, -0.25) is 4.79 Å². The van der Waals surface area contributed by atoms with Gasteiger partial charge in [-0.15, -0.1) is 0 Å². The highest BCUT2D eigenvalue weighted by molar-refractivity contribution is 5.96. The Labute approximate surface area is 161 Å². The van der Waals surface area contributed by atoms with Crippen molar-refractivity contribution in [1.29, 1.82) is 0 Å². The summed E-state index contributed by atoms with van der Waals surface area (Å²) in [5.41, 5.74) is 2.94. The molecule has 0 aliphatic rings. The van der Waals surface area contributed by atoms with E-state index in [2.05, 4.69) is 38.2 Å². The first-order chi connectivity index (χ1) is 12.8. The maximum absolute atomic E-state index is 12.6. The number of aryl methyl sites for hydroxylation is 1. The Morgan fingerprint density at radius 3 is 2.19 bits per heavy atom. The summed E-state index contributed by atoms with van der Waals surface area (Å²) >= 11 is 0. The van der Waals surface area contributed by atoms with E-state index < -0.39 is 12.0 Å². The molecule has 0 unspecified atom stereocenters. The van der Waals surface area contributed by atoms with Crippen molar-refractivity contribution < 1.29 is 14.3 Å². The molecule has 2 aromatic rings. The van der Waals surface area contributed by atoms with E-state index in [4.69, 9.17) is 4.74 Å². The largest absolute Gasteiger partial charge is 0.467 e. The van der Waals surface area contributed by atoms with Gasteiger partial charge >= 0.3 is 5.97 Å². The SMILES string of the molecule is COC(=O)[C@@H](CCCc1ccccc1)NC(=O)c1ccc(C(C)(C)C)cc1. The van der Waals surface area contributed by atoms with Gasteiger partial charge in [0.1, 0.15) is 6.04 Å². The fourth-order valence-electron chi connectivity index (χ4n) is 2.91. The van der Waals surface area contributed by atoms with Crippen LogP contribution in [-0.4, -0.2) is 25.0 Å². The van der Waals surface area contributed by atoms with Crippen LogP contribution in [0.25, 0.3) is 0 Å². The number of hydrogen-bond acceptors (Lipinski definition) is 3. The number of carbonyl (C=O) groups is 2. The van der Waals surface area contributed by atoms with E-state index in [0.29, 0.717) is 12.0 Å². The van der Waals surface area contributed by atoms with Crippen LogP contribution in [0.2, 0.25) is 0 Å². The molecule has 144 valence electrons. The number of ether oxygens (including phenoxy) is 1. The number of nitrogens with one attached hydrogen (secondary N) is 1. The number of hydrogen-bond donors (Lipinski definition) is 1. The van der Waals surface area contributed by atoms with E-state index in [1.54, 1.807) is 12.1 Å². The molecule has 4 nitrogen and oxygen atoms in total. The van der Waals surface area contributed by atoms with E-state index >= 15 is 0 Å². The summed E-state index contributed by atoms with van der Waals surface area (Å²) in [5.74, 6) is -0.673. The van der Waals surface area contributed by atoms with Crippen molar-refractivity contribution >= 4 is 11.9 Å². The van der Waals surface area contributed by atoms with E-state index in [1.165, 1.54) is 12.7 Å². The highest BCUT2D eigenvalue weighted by atomic mass is 16.5. The third-order valence-electron chi connectivity index (χ3n) is 4.61. The third kappa shape index (κ3) is 6.24. The number of esters is 1. The zero-order chi connectivity index (χ0) is 19.9. The second-order valence-electron chi connectivity index (χ2n) is 7.75. The summed E-state index contributed by atoms with van der Waals surface area (Å²) in [6.45, 7) is 6.38. The average Bonchev–Trinajstić information content (AvgIpc) is 2.66. The van der Waals surface area contributed by atoms with Gasteiger partial charge in [-0.1, -0.05) is 63.2 Å². The first kappa shape index (κ1) is 20.7. The average molecular weight is 367 g/mol. The minimum atomic E-state index is -0.645. The van der Waals surface area contributed by atoms with Crippen LogP contribution < -0.4 is 5.32 Å². The monoisotopic (exact) mass is 367 g/mol. The fourth-order valence-corrected chi connectivity index (χ4v) is 2.91. The summed E-state index contributed by atoms with van der Waals surface area (Å²) in [5, 5.41) is 2.81. The molecule has 0 heterocycles. The van der Waals surface area contributed by atoms with Crippen LogP contribution in [0.4, 0.5) is 0 Å². The fraction of sp³-hybridized carbons (Fsp3) is 0.391. The molecule has 1 amide bonds. The lowest BCUT2D eigenvalue weighted by Gasteiger charge is -2.20. The molecule has 0 fully saturated rings. The number of rotatable bonds is 7. The second kappa shape index (κ2) is 9.36. The summed E-state index contributed by atoms with van der Waals surface area (Å²) in [6, 6.07) is 17.0. The summed E-state index contributed by atoms with van der Waals surface area (Å²) in [6.07, 6.45) is 2.17. The molecular formula is C23H29NO3. The van der Waals surface area contributed by atoms with Crippen LogP contribution >= 0.6 is 0 Å². The molecule has 0 aromatic heterocycles. The van der Waals surface area contributed by atoms with Gasteiger partial charge in [-0.05, 0) is 47.9 Å². The van der Waals surface area contributed by atoms with Crippen LogP contribution in [0, 0.1) is 0 Å². The number of benzene rings is 2. The Morgan fingerprint density at radius 1 is 1.00 bits per heavy atom. The number of carbonyl (C=O) groups excluding carboxylic acids is 2. The topological polar surface area (TPSA) is 55.4 Å². The predicted octanol–water partition coefficient (Wildman–Crippen LogP) is 4.28. The molecule has 4 heteroatoms. The molecule has 0 saturated heterocycles. The van der Waals surface area contributed by atoms with Crippen LogP contribution in [0.15, 0.2) is 54.6 Å². The molecule has 0 aliphatic carbocycles. The van der Waals surface area contributed by atoms with Crippen molar-refractivity contribution in [2.24, 2.45) is 0 Å². The van der Waals surface area contributed by atoms with Crippen molar-refractivity contribution in [3.05, 3.63) is 71.3 Å². The van der Waals surface area contributed by atoms with Crippen LogP contribution in [-0.2, 0) is 21.4 Å². The summed E-state index contributed by atoms with van der Waals surface area (Å²) < 4.78 is 4.86. The molecule has 2 rings (SSSR count). The first-order valence-corrected chi connectivity index (χ1v) is 9.34. The molecule has 0 radical (unpaired) electrons. The Hall–Kier alpha value is -2.62. The highest BCUT2D eigenvalue weighted by Crippen LogP contribution is 2.22. The summed E-state index contributed by atoms with van der Waals surface area (Å²) in [4.78, 5) is 24.6. The standard InChI is InChI=1S/C23H29NO3/c1-23(2,3)19-15-13-18(14-16-19)21(25)24-20(22(26)27-4)12-8-11-17-9-6-5-7-10-17/h5-7,9-10,13-16,20H,8,11-12H2,1-4H3,(H,24,25)/t20-/m1/s1. The van der Waals surface area contributed by atoms with E-state index in [-0.39, 0.29) is 11.3 Å². The van der Waals surface area contributed by atoms with Crippen LogP contribution in [0.5, 0.6) is 0 Å². The minimum Gasteiger partial charge on any atom is -0.467 e. The zero-order valence-electron chi connectivity index (χ0n) is 16.6. The van der Waals surface area contributed by atoms with E-state index in [9.17, 15) is 9.59 Å². The Bertz CT molecular complexity index is 745. The number of methoxy groups -OCH3 is 1. The molecular weight excluding hydrogens is 338 g/mol. The van der Waals surface area contributed by atoms with Gasteiger partial charge in [0.15, 0.2) is 0 Å². The van der Waals surface area contributed by atoms with E-state index in [1.807, 2.05) is 30.3 Å². The van der Waals surface area contributed by atoms with Crippen molar-refractivity contribution in [3.8, 4) is 0 Å². The molecule has 27 heavy (non-hydrogen) atoms. The first-order valence-electron chi connectivity index (χ1n) is 9.34. The maximum atomic E-state index is 12.6. The van der Waals surface area contributed by atoms with Gasteiger partial charge < -0.3 is 10.1 Å². The van der Waals surface area contributed by atoms with Crippen molar-refractivity contribution in [1.82, 2.24) is 5.32 Å². The molecule has 0 bridgehead atoms. The minimum absolute atomic E-state index is 0.0288.